The van der Waals surface area contributed by atoms with Gasteiger partial charge in [-0.1, -0.05) is 19.8 Å². The minimum atomic E-state index is -0.190. The van der Waals surface area contributed by atoms with Crippen LogP contribution in [0.4, 0.5) is 0 Å². The summed E-state index contributed by atoms with van der Waals surface area (Å²) in [5.41, 5.74) is 0.696. The molecule has 0 unspecified atom stereocenters. The lowest BCUT2D eigenvalue weighted by Crippen LogP contribution is -2.04. The first kappa shape index (κ1) is 19.2. The van der Waals surface area contributed by atoms with E-state index in [-0.39, 0.29) is 11.8 Å². The fourth-order valence-electron chi connectivity index (χ4n) is 2.21. The molecule has 4 nitrogen and oxygen atoms in total. The molecule has 0 fully saturated rings. The molecule has 0 heterocycles. The van der Waals surface area contributed by atoms with Gasteiger partial charge in [0.2, 0.25) is 0 Å². The van der Waals surface area contributed by atoms with E-state index in [1.54, 1.807) is 6.92 Å². The van der Waals surface area contributed by atoms with Crippen LogP contribution in [-0.2, 0) is 9.53 Å². The van der Waals surface area contributed by atoms with Crippen LogP contribution in [0.1, 0.15) is 69.2 Å². The molecular weight excluding hydrogens is 292 g/mol. The molecule has 0 radical (unpaired) electrons. The van der Waals surface area contributed by atoms with Crippen molar-refractivity contribution in [2.45, 2.75) is 58.8 Å². The summed E-state index contributed by atoms with van der Waals surface area (Å²) in [5.74, 6) is 0.718. The Morgan fingerprint density at radius 2 is 1.61 bits per heavy atom. The third-order valence-corrected chi connectivity index (χ3v) is 3.53. The van der Waals surface area contributed by atoms with Gasteiger partial charge in [-0.3, -0.25) is 9.59 Å². The van der Waals surface area contributed by atoms with Crippen molar-refractivity contribution in [2.75, 3.05) is 13.2 Å². The summed E-state index contributed by atoms with van der Waals surface area (Å²) < 4.78 is 10.5. The van der Waals surface area contributed by atoms with Crippen LogP contribution in [0.3, 0.4) is 0 Å². The molecule has 0 saturated carbocycles. The summed E-state index contributed by atoms with van der Waals surface area (Å²) >= 11 is 0. The van der Waals surface area contributed by atoms with Gasteiger partial charge in [-0.2, -0.15) is 0 Å². The fourth-order valence-corrected chi connectivity index (χ4v) is 2.21. The second-order valence-corrected chi connectivity index (χ2v) is 5.52. The van der Waals surface area contributed by atoms with Gasteiger partial charge >= 0.3 is 5.97 Å². The molecule has 0 spiro atoms. The van der Waals surface area contributed by atoms with Crippen molar-refractivity contribution >= 4 is 11.8 Å². The van der Waals surface area contributed by atoms with Crippen molar-refractivity contribution in [1.29, 1.82) is 0 Å². The second-order valence-electron chi connectivity index (χ2n) is 5.52. The average molecular weight is 320 g/mol. The molecule has 0 amide bonds. The quantitative estimate of drug-likeness (QED) is 0.322. The Morgan fingerprint density at radius 1 is 0.913 bits per heavy atom. The van der Waals surface area contributed by atoms with Gasteiger partial charge in [-0.15, -0.1) is 0 Å². The van der Waals surface area contributed by atoms with Crippen LogP contribution in [0, 0.1) is 0 Å². The number of carbonyl (C=O) groups is 2. The summed E-state index contributed by atoms with van der Waals surface area (Å²) in [5, 5.41) is 0. The molecule has 0 bridgehead atoms. The fraction of sp³-hybridized carbons (Fsp3) is 0.579. The molecule has 0 aromatic heterocycles. The molecule has 0 atom stereocenters. The maximum Gasteiger partial charge on any atom is 0.305 e. The number of ketones is 1. The zero-order valence-electron chi connectivity index (χ0n) is 14.3. The molecular formula is C19H28O4. The zero-order chi connectivity index (χ0) is 16.9. The van der Waals surface area contributed by atoms with Crippen molar-refractivity contribution in [3.63, 3.8) is 0 Å². The number of Topliss-reactive ketones (excluding diaryl/α,β-unsaturated/α-hetero) is 1. The van der Waals surface area contributed by atoms with E-state index in [1.807, 2.05) is 24.3 Å². The molecule has 1 aromatic carbocycles. The molecule has 0 saturated heterocycles. The van der Waals surface area contributed by atoms with Gasteiger partial charge in [0.1, 0.15) is 5.75 Å². The van der Waals surface area contributed by atoms with E-state index in [2.05, 4.69) is 6.92 Å². The number of ether oxygens (including phenoxy) is 2. The highest BCUT2D eigenvalue weighted by Gasteiger charge is 2.07. The number of esters is 1. The SMILES string of the molecule is CCCCCOc1ccc(C(=O)CCCCC(=O)OCC)cc1. The maximum atomic E-state index is 12.1. The van der Waals surface area contributed by atoms with E-state index in [1.165, 1.54) is 12.8 Å². The number of unbranched alkanes of at least 4 members (excludes halogenated alkanes) is 3. The lowest BCUT2D eigenvalue weighted by Gasteiger charge is -2.07. The molecule has 1 aromatic rings. The van der Waals surface area contributed by atoms with Gasteiger partial charge in [0.05, 0.1) is 13.2 Å². The normalized spacial score (nSPS) is 10.3. The number of benzene rings is 1. The lowest BCUT2D eigenvalue weighted by molar-refractivity contribution is -0.143. The first-order chi connectivity index (χ1) is 11.2. The van der Waals surface area contributed by atoms with Gasteiger partial charge in [-0.25, -0.2) is 0 Å². The smallest absolute Gasteiger partial charge is 0.305 e. The van der Waals surface area contributed by atoms with Crippen LogP contribution in [0.5, 0.6) is 5.75 Å². The molecule has 1 rings (SSSR count). The molecule has 0 N–H and O–H groups in total. The zero-order valence-corrected chi connectivity index (χ0v) is 14.3. The van der Waals surface area contributed by atoms with E-state index >= 15 is 0 Å². The molecule has 4 heteroatoms. The predicted molar refractivity (Wildman–Crippen MR) is 90.9 cm³/mol. The average Bonchev–Trinajstić information content (AvgIpc) is 2.56. The molecule has 0 aliphatic heterocycles. The lowest BCUT2D eigenvalue weighted by atomic mass is 10.0. The highest BCUT2D eigenvalue weighted by atomic mass is 16.5. The minimum Gasteiger partial charge on any atom is -0.494 e. The largest absolute Gasteiger partial charge is 0.494 e. The monoisotopic (exact) mass is 320 g/mol. The topological polar surface area (TPSA) is 52.6 Å². The Morgan fingerprint density at radius 3 is 2.26 bits per heavy atom. The maximum absolute atomic E-state index is 12.1. The van der Waals surface area contributed by atoms with Crippen molar-refractivity contribution in [1.82, 2.24) is 0 Å². The van der Waals surface area contributed by atoms with Crippen LogP contribution >= 0.6 is 0 Å². The summed E-state index contributed by atoms with van der Waals surface area (Å²) in [6, 6.07) is 7.31. The number of rotatable bonds is 12. The highest BCUT2D eigenvalue weighted by molar-refractivity contribution is 5.96. The van der Waals surface area contributed by atoms with Crippen molar-refractivity contribution in [3.8, 4) is 5.75 Å². The Kier molecular flexibility index (Phi) is 9.76. The number of carbonyl (C=O) groups excluding carboxylic acids is 2. The van der Waals surface area contributed by atoms with Crippen LogP contribution in [-0.4, -0.2) is 25.0 Å². The van der Waals surface area contributed by atoms with Crippen LogP contribution < -0.4 is 4.74 Å². The highest BCUT2D eigenvalue weighted by Crippen LogP contribution is 2.15. The van der Waals surface area contributed by atoms with Crippen LogP contribution in [0.15, 0.2) is 24.3 Å². The number of hydrogen-bond acceptors (Lipinski definition) is 4. The van der Waals surface area contributed by atoms with E-state index in [0.29, 0.717) is 37.9 Å². The van der Waals surface area contributed by atoms with Gasteiger partial charge in [0.15, 0.2) is 5.78 Å². The number of hydrogen-bond donors (Lipinski definition) is 0. The Hall–Kier alpha value is -1.84. The standard InChI is InChI=1S/C19H28O4/c1-3-5-8-15-23-17-13-11-16(12-14-17)18(20)9-6-7-10-19(21)22-4-2/h11-14H,3-10,15H2,1-2H3. The van der Waals surface area contributed by atoms with Crippen molar-refractivity contribution < 1.29 is 19.1 Å². The van der Waals surface area contributed by atoms with Gasteiger partial charge in [0.25, 0.3) is 0 Å². The summed E-state index contributed by atoms with van der Waals surface area (Å²) in [6.45, 7) is 5.07. The molecule has 128 valence electrons. The van der Waals surface area contributed by atoms with Gasteiger partial charge < -0.3 is 9.47 Å². The predicted octanol–water partition coefficient (Wildman–Crippen LogP) is 4.56. The van der Waals surface area contributed by atoms with Gasteiger partial charge in [0, 0.05) is 18.4 Å². The third-order valence-electron chi connectivity index (χ3n) is 3.53. The Balaban J connectivity index is 2.26. The minimum absolute atomic E-state index is 0.103. The van der Waals surface area contributed by atoms with Gasteiger partial charge in [-0.05, 0) is 50.5 Å². The molecule has 0 aliphatic rings. The van der Waals surface area contributed by atoms with E-state index in [9.17, 15) is 9.59 Å². The second kappa shape index (κ2) is 11.7. The Labute approximate surface area is 139 Å². The van der Waals surface area contributed by atoms with Crippen LogP contribution in [0.2, 0.25) is 0 Å². The van der Waals surface area contributed by atoms with E-state index in [4.69, 9.17) is 9.47 Å². The first-order valence-corrected chi connectivity index (χ1v) is 8.59. The summed E-state index contributed by atoms with van der Waals surface area (Å²) in [4.78, 5) is 23.3. The van der Waals surface area contributed by atoms with Crippen molar-refractivity contribution in [2.24, 2.45) is 0 Å². The van der Waals surface area contributed by atoms with Crippen LogP contribution in [0.25, 0.3) is 0 Å². The van der Waals surface area contributed by atoms with Crippen molar-refractivity contribution in [3.05, 3.63) is 29.8 Å². The molecule has 0 aliphatic carbocycles. The first-order valence-electron chi connectivity index (χ1n) is 8.59. The van der Waals surface area contributed by atoms with E-state index in [0.717, 1.165) is 18.8 Å². The van der Waals surface area contributed by atoms with E-state index < -0.39 is 0 Å². The third kappa shape index (κ3) is 8.38. The molecule has 23 heavy (non-hydrogen) atoms. The summed E-state index contributed by atoms with van der Waals surface area (Å²) in [6.07, 6.45) is 5.62. The summed E-state index contributed by atoms with van der Waals surface area (Å²) in [7, 11) is 0. The Bertz CT molecular complexity index is 465.